The summed E-state index contributed by atoms with van der Waals surface area (Å²) in [5.74, 6) is -0.738. The van der Waals surface area contributed by atoms with Crippen LogP contribution in [0, 0.1) is 0 Å². The second kappa shape index (κ2) is 9.18. The molecule has 0 radical (unpaired) electrons. The standard InChI is InChI=1S/C17H21NO6S2/c1-2-16(20)18-13-5-3-12(4-6-13)15(19)9-24-17(21)10-25-14-7-8-26(22,23)11-14/h3-6,14H,2,7-11H2,1H3,(H,18,20)/t14-/m0/s1. The molecule has 1 aromatic carbocycles. The Hall–Kier alpha value is -1.87. The molecule has 0 bridgehead atoms. The van der Waals surface area contributed by atoms with Gasteiger partial charge in [-0.2, -0.15) is 0 Å². The average Bonchev–Trinajstić information content (AvgIpc) is 2.97. The van der Waals surface area contributed by atoms with Gasteiger partial charge in [-0.3, -0.25) is 14.4 Å². The molecule has 1 saturated heterocycles. The van der Waals surface area contributed by atoms with E-state index in [2.05, 4.69) is 5.32 Å². The third kappa shape index (κ3) is 6.45. The molecule has 1 atom stereocenters. The summed E-state index contributed by atoms with van der Waals surface area (Å²) >= 11 is 1.25. The fraction of sp³-hybridized carbons (Fsp3) is 0.471. The summed E-state index contributed by atoms with van der Waals surface area (Å²) in [5.41, 5.74) is 0.968. The van der Waals surface area contributed by atoms with Crippen molar-refractivity contribution in [3.63, 3.8) is 0 Å². The minimum absolute atomic E-state index is 0.0233. The van der Waals surface area contributed by atoms with Crippen LogP contribution >= 0.6 is 11.8 Å². The number of ether oxygens (including phenoxy) is 1. The fourth-order valence-corrected chi connectivity index (χ4v) is 5.78. The van der Waals surface area contributed by atoms with E-state index in [1.807, 2.05) is 0 Å². The van der Waals surface area contributed by atoms with Crippen molar-refractivity contribution in [1.82, 2.24) is 0 Å². The average molecular weight is 399 g/mol. The van der Waals surface area contributed by atoms with E-state index in [4.69, 9.17) is 4.74 Å². The highest BCUT2D eigenvalue weighted by molar-refractivity contribution is 8.02. The van der Waals surface area contributed by atoms with Crippen molar-refractivity contribution < 1.29 is 27.5 Å². The van der Waals surface area contributed by atoms with Gasteiger partial charge in [-0.15, -0.1) is 11.8 Å². The van der Waals surface area contributed by atoms with Crippen LogP contribution in [0.25, 0.3) is 0 Å². The molecule has 7 nitrogen and oxygen atoms in total. The molecular formula is C17H21NO6S2. The summed E-state index contributed by atoms with van der Waals surface area (Å²) in [6, 6.07) is 6.33. The Balaban J connectivity index is 1.73. The zero-order valence-electron chi connectivity index (χ0n) is 14.4. The third-order valence-electron chi connectivity index (χ3n) is 3.80. The smallest absolute Gasteiger partial charge is 0.316 e. The third-order valence-corrected chi connectivity index (χ3v) is 7.06. The van der Waals surface area contributed by atoms with Crippen LogP contribution in [0.5, 0.6) is 0 Å². The van der Waals surface area contributed by atoms with Crippen LogP contribution in [0.15, 0.2) is 24.3 Å². The van der Waals surface area contributed by atoms with Gasteiger partial charge in [0.05, 0.1) is 17.3 Å². The summed E-state index contributed by atoms with van der Waals surface area (Å²) in [5, 5.41) is 2.59. The minimum atomic E-state index is -2.97. The Morgan fingerprint density at radius 1 is 1.23 bits per heavy atom. The van der Waals surface area contributed by atoms with E-state index in [1.165, 1.54) is 11.8 Å². The van der Waals surface area contributed by atoms with Gasteiger partial charge in [-0.25, -0.2) is 8.42 Å². The maximum atomic E-state index is 12.0. The monoisotopic (exact) mass is 399 g/mol. The lowest BCUT2D eigenvalue weighted by Gasteiger charge is -2.08. The Morgan fingerprint density at radius 2 is 1.92 bits per heavy atom. The van der Waals surface area contributed by atoms with Crippen molar-refractivity contribution in [2.45, 2.75) is 25.0 Å². The number of hydrogen-bond donors (Lipinski definition) is 1. The first kappa shape index (κ1) is 20.4. The highest BCUT2D eigenvalue weighted by Crippen LogP contribution is 2.24. The number of thioether (sulfide) groups is 1. The summed E-state index contributed by atoms with van der Waals surface area (Å²) in [6.07, 6.45) is 0.904. The van der Waals surface area contributed by atoms with Crippen LogP contribution in [0.3, 0.4) is 0 Å². The number of carbonyl (C=O) groups excluding carboxylic acids is 3. The highest BCUT2D eigenvalue weighted by Gasteiger charge is 2.28. The second-order valence-electron chi connectivity index (χ2n) is 5.90. The molecule has 1 aromatic rings. The summed E-state index contributed by atoms with van der Waals surface area (Å²) in [6.45, 7) is 1.37. The quantitative estimate of drug-likeness (QED) is 0.523. The van der Waals surface area contributed by atoms with Gasteiger partial charge in [-0.1, -0.05) is 6.92 Å². The first-order valence-corrected chi connectivity index (χ1v) is 11.1. The SMILES string of the molecule is CCC(=O)Nc1ccc(C(=O)COC(=O)CS[C@H]2CCS(=O)(=O)C2)cc1. The van der Waals surface area contributed by atoms with Crippen LogP contribution in [0.2, 0.25) is 0 Å². The number of Topliss-reactive ketones (excluding diaryl/α,β-unsaturated/α-hetero) is 1. The van der Waals surface area contributed by atoms with E-state index in [9.17, 15) is 22.8 Å². The van der Waals surface area contributed by atoms with E-state index in [0.29, 0.717) is 24.1 Å². The normalized spacial score (nSPS) is 18.3. The number of rotatable bonds is 8. The van der Waals surface area contributed by atoms with Gasteiger partial charge in [0.2, 0.25) is 5.91 Å². The van der Waals surface area contributed by atoms with Crippen LogP contribution < -0.4 is 5.32 Å². The number of nitrogens with one attached hydrogen (secondary N) is 1. The van der Waals surface area contributed by atoms with Gasteiger partial charge in [-0.05, 0) is 30.7 Å². The molecule has 0 spiro atoms. The van der Waals surface area contributed by atoms with Crippen LogP contribution in [0.4, 0.5) is 5.69 Å². The number of hydrogen-bond acceptors (Lipinski definition) is 7. The van der Waals surface area contributed by atoms with Gasteiger partial charge in [0.1, 0.15) is 0 Å². The largest absolute Gasteiger partial charge is 0.457 e. The molecule has 0 aliphatic carbocycles. The number of sulfone groups is 1. The molecule has 26 heavy (non-hydrogen) atoms. The van der Waals surface area contributed by atoms with Gasteiger partial charge in [0.15, 0.2) is 22.2 Å². The molecule has 1 aliphatic rings. The lowest BCUT2D eigenvalue weighted by atomic mass is 10.1. The van der Waals surface area contributed by atoms with Crippen LogP contribution in [-0.4, -0.2) is 55.2 Å². The van der Waals surface area contributed by atoms with Crippen LogP contribution in [0.1, 0.15) is 30.1 Å². The number of anilines is 1. The van der Waals surface area contributed by atoms with E-state index >= 15 is 0 Å². The highest BCUT2D eigenvalue weighted by atomic mass is 32.2. The molecule has 2 rings (SSSR count). The number of amides is 1. The summed E-state index contributed by atoms with van der Waals surface area (Å²) in [7, 11) is -2.97. The second-order valence-corrected chi connectivity index (χ2v) is 9.42. The molecule has 1 aliphatic heterocycles. The molecule has 0 unspecified atom stereocenters. The maximum Gasteiger partial charge on any atom is 0.316 e. The number of esters is 1. The zero-order valence-corrected chi connectivity index (χ0v) is 16.0. The predicted molar refractivity (Wildman–Crippen MR) is 100 cm³/mol. The minimum Gasteiger partial charge on any atom is -0.457 e. The van der Waals surface area contributed by atoms with Gasteiger partial charge in [0.25, 0.3) is 0 Å². The molecular weight excluding hydrogens is 378 g/mol. The maximum absolute atomic E-state index is 12.0. The van der Waals surface area contributed by atoms with Crippen molar-refractivity contribution in [3.05, 3.63) is 29.8 Å². The van der Waals surface area contributed by atoms with Crippen LogP contribution in [-0.2, 0) is 24.2 Å². The summed E-state index contributed by atoms with van der Waals surface area (Å²) < 4.78 is 27.7. The Morgan fingerprint density at radius 3 is 2.50 bits per heavy atom. The molecule has 1 heterocycles. The Bertz CT molecular complexity index is 773. The van der Waals surface area contributed by atoms with Crippen molar-refractivity contribution >= 4 is 44.9 Å². The molecule has 1 N–H and O–H groups in total. The first-order chi connectivity index (χ1) is 12.3. The van der Waals surface area contributed by atoms with Gasteiger partial charge in [0, 0.05) is 22.9 Å². The zero-order chi connectivity index (χ0) is 19.2. The van der Waals surface area contributed by atoms with Crippen molar-refractivity contribution in [2.24, 2.45) is 0 Å². The molecule has 1 amide bonds. The number of carbonyl (C=O) groups is 3. The molecule has 0 saturated carbocycles. The molecule has 9 heteroatoms. The fourth-order valence-electron chi connectivity index (χ4n) is 2.34. The first-order valence-electron chi connectivity index (χ1n) is 8.20. The Labute approximate surface area is 156 Å². The number of benzene rings is 1. The van der Waals surface area contributed by atoms with Gasteiger partial charge >= 0.3 is 5.97 Å². The van der Waals surface area contributed by atoms with Crippen molar-refractivity contribution in [3.8, 4) is 0 Å². The van der Waals surface area contributed by atoms with Crippen molar-refractivity contribution in [2.75, 3.05) is 29.2 Å². The topological polar surface area (TPSA) is 107 Å². The molecule has 142 valence electrons. The van der Waals surface area contributed by atoms with E-state index in [1.54, 1.807) is 31.2 Å². The van der Waals surface area contributed by atoms with E-state index < -0.39 is 15.8 Å². The Kier molecular flexibility index (Phi) is 7.22. The molecule has 1 fully saturated rings. The van der Waals surface area contributed by atoms with Gasteiger partial charge < -0.3 is 10.1 Å². The lowest BCUT2D eigenvalue weighted by molar-refractivity contribution is -0.139. The molecule has 0 aromatic heterocycles. The lowest BCUT2D eigenvalue weighted by Crippen LogP contribution is -2.17. The van der Waals surface area contributed by atoms with E-state index in [-0.39, 0.29) is 40.8 Å². The predicted octanol–water partition coefficient (Wildman–Crippen LogP) is 1.68. The van der Waals surface area contributed by atoms with Crippen molar-refractivity contribution in [1.29, 1.82) is 0 Å². The number of ketones is 1. The van der Waals surface area contributed by atoms with E-state index in [0.717, 1.165) is 0 Å². The summed E-state index contributed by atoms with van der Waals surface area (Å²) in [4.78, 5) is 35.0.